The van der Waals surface area contributed by atoms with Crippen molar-refractivity contribution < 1.29 is 4.79 Å². The smallest absolute Gasteiger partial charge is 0.276 e. The fourth-order valence-corrected chi connectivity index (χ4v) is 3.59. The van der Waals surface area contributed by atoms with Crippen LogP contribution >= 0.6 is 11.3 Å². The van der Waals surface area contributed by atoms with Crippen LogP contribution in [0, 0.1) is 6.92 Å². The van der Waals surface area contributed by atoms with Crippen molar-refractivity contribution in [3.63, 3.8) is 0 Å². The predicted octanol–water partition coefficient (Wildman–Crippen LogP) is 3.61. The average molecular weight is 362 g/mol. The second kappa shape index (κ2) is 6.53. The number of hydrogen-bond donors (Lipinski definition) is 2. The number of rotatable bonds is 3. The van der Waals surface area contributed by atoms with E-state index in [0.717, 1.165) is 20.8 Å². The van der Waals surface area contributed by atoms with E-state index in [-0.39, 0.29) is 17.2 Å². The number of carbonyl (C=O) groups excluding carboxylic acids is 1. The number of thiazole rings is 1. The second-order valence-electron chi connectivity index (χ2n) is 5.83. The average Bonchev–Trinajstić information content (AvgIpc) is 3.06. The molecular weight excluding hydrogens is 348 g/mol. The van der Waals surface area contributed by atoms with Gasteiger partial charge in [-0.1, -0.05) is 6.07 Å². The standard InChI is InChI=1S/C19H14N4O2S/c1-11-2-7-14-16(10-11)26-19(21-14)12-3-5-13(6-4-12)20-18(25)15-8-9-17(24)23-22-15/h2-10H,1H3,(H,20,25)(H,23,24). The van der Waals surface area contributed by atoms with E-state index in [4.69, 9.17) is 0 Å². The Hall–Kier alpha value is -3.32. The molecule has 0 unspecified atom stereocenters. The number of aryl methyl sites for hydroxylation is 1. The number of nitrogens with zero attached hydrogens (tertiary/aromatic N) is 2. The molecule has 0 radical (unpaired) electrons. The van der Waals surface area contributed by atoms with Crippen LogP contribution in [0.2, 0.25) is 0 Å². The van der Waals surface area contributed by atoms with Gasteiger partial charge in [-0.15, -0.1) is 11.3 Å². The minimum Gasteiger partial charge on any atom is -0.321 e. The molecule has 6 nitrogen and oxygen atoms in total. The largest absolute Gasteiger partial charge is 0.321 e. The number of benzene rings is 2. The van der Waals surface area contributed by atoms with Crippen LogP contribution in [0.25, 0.3) is 20.8 Å². The number of fused-ring (bicyclic) bond motifs is 1. The summed E-state index contributed by atoms with van der Waals surface area (Å²) in [5, 5.41) is 9.64. The first kappa shape index (κ1) is 16.2. The van der Waals surface area contributed by atoms with Crippen LogP contribution in [-0.4, -0.2) is 21.1 Å². The Kier molecular flexibility index (Phi) is 4.06. The maximum Gasteiger partial charge on any atom is 0.276 e. The minimum absolute atomic E-state index is 0.148. The fraction of sp³-hybridized carbons (Fsp3) is 0.0526. The first-order valence-corrected chi connectivity index (χ1v) is 8.75. The Morgan fingerprint density at radius 3 is 2.62 bits per heavy atom. The van der Waals surface area contributed by atoms with Crippen LogP contribution in [0.3, 0.4) is 0 Å². The summed E-state index contributed by atoms with van der Waals surface area (Å²) >= 11 is 1.64. The maximum absolute atomic E-state index is 12.1. The lowest BCUT2D eigenvalue weighted by atomic mass is 10.2. The molecule has 2 heterocycles. The molecule has 0 bridgehead atoms. The van der Waals surface area contributed by atoms with E-state index in [9.17, 15) is 9.59 Å². The van der Waals surface area contributed by atoms with Gasteiger partial charge in [-0.2, -0.15) is 5.10 Å². The van der Waals surface area contributed by atoms with Crippen LogP contribution in [0.15, 0.2) is 59.4 Å². The Balaban J connectivity index is 1.55. The lowest BCUT2D eigenvalue weighted by molar-refractivity contribution is 0.102. The zero-order valence-electron chi connectivity index (χ0n) is 13.8. The summed E-state index contributed by atoms with van der Waals surface area (Å²) in [7, 11) is 0. The van der Waals surface area contributed by atoms with Crippen LogP contribution in [0.5, 0.6) is 0 Å². The van der Waals surface area contributed by atoms with Gasteiger partial charge >= 0.3 is 0 Å². The molecule has 0 aliphatic carbocycles. The summed E-state index contributed by atoms with van der Waals surface area (Å²) in [6.45, 7) is 2.06. The molecule has 4 rings (SSSR count). The van der Waals surface area contributed by atoms with Crippen LogP contribution in [0.1, 0.15) is 16.1 Å². The van der Waals surface area contributed by atoms with Crippen LogP contribution in [-0.2, 0) is 0 Å². The molecular formula is C19H14N4O2S. The molecule has 0 aliphatic heterocycles. The highest BCUT2D eigenvalue weighted by molar-refractivity contribution is 7.21. The highest BCUT2D eigenvalue weighted by atomic mass is 32.1. The van der Waals surface area contributed by atoms with Crippen molar-refractivity contribution in [3.05, 3.63) is 76.2 Å². The van der Waals surface area contributed by atoms with Gasteiger partial charge in [0.2, 0.25) is 0 Å². The number of carbonyl (C=O) groups is 1. The molecule has 26 heavy (non-hydrogen) atoms. The van der Waals surface area contributed by atoms with Gasteiger partial charge in [-0.25, -0.2) is 10.1 Å². The van der Waals surface area contributed by atoms with Crippen molar-refractivity contribution in [2.45, 2.75) is 6.92 Å². The van der Waals surface area contributed by atoms with E-state index >= 15 is 0 Å². The Labute approximate surface area is 152 Å². The summed E-state index contributed by atoms with van der Waals surface area (Å²) in [5.74, 6) is -0.385. The van der Waals surface area contributed by atoms with Crippen molar-refractivity contribution in [1.29, 1.82) is 0 Å². The minimum atomic E-state index is -0.385. The van der Waals surface area contributed by atoms with Gasteiger partial charge in [-0.05, 0) is 55.0 Å². The predicted molar refractivity (Wildman–Crippen MR) is 103 cm³/mol. The lowest BCUT2D eigenvalue weighted by Gasteiger charge is -2.05. The van der Waals surface area contributed by atoms with Gasteiger partial charge in [0.1, 0.15) is 10.7 Å². The molecule has 2 N–H and O–H groups in total. The Morgan fingerprint density at radius 1 is 1.08 bits per heavy atom. The van der Waals surface area contributed by atoms with Gasteiger partial charge in [0.15, 0.2) is 0 Å². The van der Waals surface area contributed by atoms with E-state index in [1.807, 2.05) is 30.3 Å². The third kappa shape index (κ3) is 3.25. The molecule has 128 valence electrons. The van der Waals surface area contributed by atoms with Gasteiger partial charge in [0.05, 0.1) is 10.2 Å². The van der Waals surface area contributed by atoms with Crippen molar-refractivity contribution in [1.82, 2.24) is 15.2 Å². The highest BCUT2D eigenvalue weighted by Crippen LogP contribution is 2.31. The van der Waals surface area contributed by atoms with Crippen molar-refractivity contribution in [3.8, 4) is 10.6 Å². The van der Waals surface area contributed by atoms with E-state index in [1.54, 1.807) is 11.3 Å². The number of nitrogens with one attached hydrogen (secondary N) is 2. The molecule has 2 aromatic heterocycles. The lowest BCUT2D eigenvalue weighted by Crippen LogP contribution is -2.17. The molecule has 1 amide bonds. The normalized spacial score (nSPS) is 10.8. The molecule has 2 aromatic carbocycles. The molecule has 0 aliphatic rings. The van der Waals surface area contributed by atoms with Crippen LogP contribution in [0.4, 0.5) is 5.69 Å². The molecule has 0 atom stereocenters. The molecule has 0 spiro atoms. The number of aromatic nitrogens is 3. The molecule has 7 heteroatoms. The monoisotopic (exact) mass is 362 g/mol. The molecule has 0 saturated heterocycles. The summed E-state index contributed by atoms with van der Waals surface area (Å²) in [6, 6.07) is 16.3. The van der Waals surface area contributed by atoms with E-state index < -0.39 is 0 Å². The number of anilines is 1. The first-order valence-electron chi connectivity index (χ1n) is 7.93. The zero-order valence-corrected chi connectivity index (χ0v) is 14.6. The summed E-state index contributed by atoms with van der Waals surface area (Å²) in [6.07, 6.45) is 0. The van der Waals surface area contributed by atoms with Gasteiger partial charge in [0, 0.05) is 17.3 Å². The molecule has 4 aromatic rings. The maximum atomic E-state index is 12.1. The Bertz CT molecular complexity index is 1140. The summed E-state index contributed by atoms with van der Waals surface area (Å²) in [5.41, 5.74) is 3.62. The Morgan fingerprint density at radius 2 is 1.88 bits per heavy atom. The van der Waals surface area contributed by atoms with Crippen molar-refractivity contribution in [2.24, 2.45) is 0 Å². The third-order valence-electron chi connectivity index (χ3n) is 3.85. The molecule has 0 fully saturated rings. The van der Waals surface area contributed by atoms with E-state index in [1.165, 1.54) is 17.7 Å². The number of aromatic amines is 1. The van der Waals surface area contributed by atoms with Crippen molar-refractivity contribution in [2.75, 3.05) is 5.32 Å². The fourth-order valence-electron chi connectivity index (χ4n) is 2.52. The summed E-state index contributed by atoms with van der Waals surface area (Å²) in [4.78, 5) is 27.8. The van der Waals surface area contributed by atoms with Gasteiger partial charge < -0.3 is 5.32 Å². The van der Waals surface area contributed by atoms with Crippen molar-refractivity contribution >= 4 is 33.1 Å². The third-order valence-corrected chi connectivity index (χ3v) is 4.91. The zero-order chi connectivity index (χ0) is 18.1. The SMILES string of the molecule is Cc1ccc2nc(-c3ccc(NC(=O)c4ccc(=O)[nH]n4)cc3)sc2c1. The number of hydrogen-bond acceptors (Lipinski definition) is 5. The number of H-pyrrole nitrogens is 1. The topological polar surface area (TPSA) is 87.7 Å². The van der Waals surface area contributed by atoms with E-state index in [2.05, 4.69) is 39.6 Å². The molecule has 0 saturated carbocycles. The van der Waals surface area contributed by atoms with Crippen LogP contribution < -0.4 is 10.9 Å². The highest BCUT2D eigenvalue weighted by Gasteiger charge is 2.09. The number of amides is 1. The first-order chi connectivity index (χ1) is 12.6. The van der Waals surface area contributed by atoms with E-state index in [0.29, 0.717) is 5.69 Å². The van der Waals surface area contributed by atoms with Gasteiger partial charge in [-0.3, -0.25) is 9.59 Å². The second-order valence-corrected chi connectivity index (χ2v) is 6.86. The van der Waals surface area contributed by atoms with Gasteiger partial charge in [0.25, 0.3) is 11.5 Å². The summed E-state index contributed by atoms with van der Waals surface area (Å²) < 4.78 is 1.15. The quantitative estimate of drug-likeness (QED) is 0.583.